The minimum atomic E-state index is -0.432. The summed E-state index contributed by atoms with van der Waals surface area (Å²) in [4.78, 5) is 22.3. The van der Waals surface area contributed by atoms with Crippen LogP contribution in [-0.4, -0.2) is 45.1 Å². The highest BCUT2D eigenvalue weighted by Crippen LogP contribution is 1.96. The Morgan fingerprint density at radius 3 is 2.88 bits per heavy atom. The molecular weight excluding hydrogens is 214 g/mol. The van der Waals surface area contributed by atoms with Gasteiger partial charge in [-0.3, -0.25) is 9.59 Å². The number of rotatable bonds is 6. The number of ether oxygens (including phenoxy) is 1. The number of tetrazole rings is 1. The van der Waals surface area contributed by atoms with Crippen LogP contribution in [0, 0.1) is 0 Å². The molecule has 0 aromatic carbocycles. The van der Waals surface area contributed by atoms with Gasteiger partial charge in [-0.15, -0.1) is 5.10 Å². The van der Waals surface area contributed by atoms with Crippen molar-refractivity contribution in [3.05, 3.63) is 5.82 Å². The van der Waals surface area contributed by atoms with E-state index in [1.165, 1.54) is 4.68 Å². The number of nitrogens with two attached hydrogens (primary N) is 1. The fourth-order valence-electron chi connectivity index (χ4n) is 1.05. The predicted octanol–water partition coefficient (Wildman–Crippen LogP) is -1.69. The van der Waals surface area contributed by atoms with E-state index in [0.717, 1.165) is 0 Å². The highest BCUT2D eigenvalue weighted by Gasteiger charge is 2.13. The Bertz CT molecular complexity index is 376. The molecule has 0 atom stereocenters. The van der Waals surface area contributed by atoms with E-state index < -0.39 is 5.97 Å². The van der Waals surface area contributed by atoms with Crippen LogP contribution in [0.1, 0.15) is 12.7 Å². The van der Waals surface area contributed by atoms with E-state index in [9.17, 15) is 9.59 Å². The summed E-state index contributed by atoms with van der Waals surface area (Å²) in [6, 6.07) is 0. The second-order valence-electron chi connectivity index (χ2n) is 2.98. The molecule has 0 aliphatic rings. The van der Waals surface area contributed by atoms with Gasteiger partial charge in [-0.2, -0.15) is 0 Å². The molecule has 1 aromatic rings. The van der Waals surface area contributed by atoms with E-state index >= 15 is 0 Å². The zero-order valence-corrected chi connectivity index (χ0v) is 8.92. The first-order valence-corrected chi connectivity index (χ1v) is 4.79. The molecule has 8 nitrogen and oxygen atoms in total. The van der Waals surface area contributed by atoms with Crippen molar-refractivity contribution in [2.75, 3.05) is 13.2 Å². The van der Waals surface area contributed by atoms with E-state index in [4.69, 9.17) is 10.5 Å². The van der Waals surface area contributed by atoms with Crippen molar-refractivity contribution >= 4 is 11.8 Å². The maximum Gasteiger partial charge on any atom is 0.313 e. The number of Topliss-reactive ketones (excluding diaryl/α,β-unsaturated/α-hetero) is 1. The van der Waals surface area contributed by atoms with Crippen molar-refractivity contribution in [1.29, 1.82) is 0 Å². The molecule has 1 rings (SSSR count). The molecule has 0 fully saturated rings. The first-order valence-electron chi connectivity index (χ1n) is 4.79. The SMILES string of the molecule is CCOC(=O)Cc1nnnn1CC(=O)CN. The summed E-state index contributed by atoms with van der Waals surface area (Å²) in [6.45, 7) is 1.89. The predicted molar refractivity (Wildman–Crippen MR) is 52.2 cm³/mol. The van der Waals surface area contributed by atoms with Crippen LogP contribution in [0.4, 0.5) is 0 Å². The molecule has 88 valence electrons. The summed E-state index contributed by atoms with van der Waals surface area (Å²) in [5, 5.41) is 10.6. The maximum atomic E-state index is 11.2. The molecular formula is C8H13N5O3. The number of esters is 1. The molecule has 0 radical (unpaired) electrons. The molecule has 0 aliphatic heterocycles. The Kier molecular flexibility index (Phi) is 4.52. The first-order chi connectivity index (χ1) is 7.67. The number of hydrogen-bond donors (Lipinski definition) is 1. The lowest BCUT2D eigenvalue weighted by atomic mass is 10.3. The topological polar surface area (TPSA) is 113 Å². The van der Waals surface area contributed by atoms with Crippen molar-refractivity contribution in [2.24, 2.45) is 5.73 Å². The summed E-state index contributed by atoms with van der Waals surface area (Å²) in [5.41, 5.74) is 5.16. The fraction of sp³-hybridized carbons (Fsp3) is 0.625. The molecule has 0 amide bonds. The second-order valence-corrected chi connectivity index (χ2v) is 2.98. The van der Waals surface area contributed by atoms with Gasteiger partial charge in [0, 0.05) is 0 Å². The highest BCUT2D eigenvalue weighted by atomic mass is 16.5. The Balaban J connectivity index is 2.63. The Hall–Kier alpha value is -1.83. The molecule has 0 aliphatic carbocycles. The molecule has 1 aromatic heterocycles. The lowest BCUT2D eigenvalue weighted by molar-refractivity contribution is -0.142. The minimum Gasteiger partial charge on any atom is -0.466 e. The van der Waals surface area contributed by atoms with Crippen LogP contribution < -0.4 is 5.73 Å². The summed E-state index contributed by atoms with van der Waals surface area (Å²) in [6.07, 6.45) is -0.0569. The largest absolute Gasteiger partial charge is 0.466 e. The normalized spacial score (nSPS) is 10.1. The van der Waals surface area contributed by atoms with E-state index in [2.05, 4.69) is 15.5 Å². The quantitative estimate of drug-likeness (QED) is 0.576. The monoisotopic (exact) mass is 227 g/mol. The molecule has 0 saturated heterocycles. The van der Waals surface area contributed by atoms with Crippen LogP contribution in [0.15, 0.2) is 0 Å². The van der Waals surface area contributed by atoms with Crippen LogP contribution >= 0.6 is 0 Å². The van der Waals surface area contributed by atoms with Gasteiger partial charge in [0.1, 0.15) is 13.0 Å². The number of hydrogen-bond acceptors (Lipinski definition) is 7. The van der Waals surface area contributed by atoms with Gasteiger partial charge in [-0.1, -0.05) is 0 Å². The van der Waals surface area contributed by atoms with Crippen molar-refractivity contribution in [3.8, 4) is 0 Å². The molecule has 16 heavy (non-hydrogen) atoms. The Labute approximate surface area is 91.7 Å². The summed E-state index contributed by atoms with van der Waals surface area (Å²) in [5.74, 6) is -0.351. The third-order valence-corrected chi connectivity index (χ3v) is 1.77. The van der Waals surface area contributed by atoms with Gasteiger partial charge in [-0.05, 0) is 17.4 Å². The lowest BCUT2D eigenvalue weighted by Crippen LogP contribution is -2.22. The molecule has 1 heterocycles. The van der Waals surface area contributed by atoms with Crippen molar-refractivity contribution in [2.45, 2.75) is 19.9 Å². The fourth-order valence-corrected chi connectivity index (χ4v) is 1.05. The van der Waals surface area contributed by atoms with Gasteiger partial charge >= 0.3 is 5.97 Å². The van der Waals surface area contributed by atoms with Crippen molar-refractivity contribution in [1.82, 2.24) is 20.2 Å². The summed E-state index contributed by atoms with van der Waals surface area (Å²) in [7, 11) is 0. The minimum absolute atomic E-state index is 0.0295. The Morgan fingerprint density at radius 1 is 1.50 bits per heavy atom. The van der Waals surface area contributed by atoms with Crippen LogP contribution in [0.2, 0.25) is 0 Å². The molecule has 8 heteroatoms. The standard InChI is InChI=1S/C8H13N5O3/c1-2-16-8(15)3-7-10-11-12-13(7)5-6(14)4-9/h2-5,9H2,1H3. The zero-order valence-electron chi connectivity index (χ0n) is 8.92. The van der Waals surface area contributed by atoms with Crippen molar-refractivity contribution in [3.63, 3.8) is 0 Å². The maximum absolute atomic E-state index is 11.2. The molecule has 0 unspecified atom stereocenters. The van der Waals surface area contributed by atoms with Crippen LogP contribution in [0.5, 0.6) is 0 Å². The van der Waals surface area contributed by atoms with Crippen LogP contribution in [-0.2, 0) is 27.3 Å². The smallest absolute Gasteiger partial charge is 0.313 e. The van der Waals surface area contributed by atoms with E-state index in [-0.39, 0.29) is 25.3 Å². The average molecular weight is 227 g/mol. The molecule has 0 saturated carbocycles. The van der Waals surface area contributed by atoms with Gasteiger partial charge in [0.05, 0.1) is 13.2 Å². The molecule has 2 N–H and O–H groups in total. The highest BCUT2D eigenvalue weighted by molar-refractivity contribution is 5.80. The van der Waals surface area contributed by atoms with E-state index in [1.807, 2.05) is 0 Å². The third kappa shape index (κ3) is 3.39. The molecule has 0 bridgehead atoms. The number of ketones is 1. The second kappa shape index (κ2) is 5.91. The van der Waals surface area contributed by atoms with Gasteiger partial charge < -0.3 is 10.5 Å². The summed E-state index contributed by atoms with van der Waals surface area (Å²) >= 11 is 0. The number of carbonyl (C=O) groups is 2. The van der Waals surface area contributed by atoms with Gasteiger partial charge in [0.15, 0.2) is 11.6 Å². The zero-order chi connectivity index (χ0) is 12.0. The average Bonchev–Trinajstić information content (AvgIpc) is 2.66. The van der Waals surface area contributed by atoms with E-state index in [0.29, 0.717) is 12.4 Å². The Morgan fingerprint density at radius 2 is 2.25 bits per heavy atom. The number of aromatic nitrogens is 4. The van der Waals surface area contributed by atoms with Crippen molar-refractivity contribution < 1.29 is 14.3 Å². The van der Waals surface area contributed by atoms with Gasteiger partial charge in [0.2, 0.25) is 0 Å². The van der Waals surface area contributed by atoms with Crippen LogP contribution in [0.3, 0.4) is 0 Å². The van der Waals surface area contributed by atoms with E-state index in [1.54, 1.807) is 6.92 Å². The van der Waals surface area contributed by atoms with Crippen LogP contribution in [0.25, 0.3) is 0 Å². The van der Waals surface area contributed by atoms with Gasteiger partial charge in [0.25, 0.3) is 0 Å². The first kappa shape index (κ1) is 12.2. The number of nitrogens with zero attached hydrogens (tertiary/aromatic N) is 4. The van der Waals surface area contributed by atoms with Gasteiger partial charge in [-0.25, -0.2) is 4.68 Å². The molecule has 0 spiro atoms. The lowest BCUT2D eigenvalue weighted by Gasteiger charge is -2.02. The summed E-state index contributed by atoms with van der Waals surface area (Å²) < 4.78 is 5.99. The number of carbonyl (C=O) groups excluding carboxylic acids is 2. The third-order valence-electron chi connectivity index (χ3n) is 1.77.